The molecule has 1 aliphatic rings. The van der Waals surface area contributed by atoms with Crippen LogP contribution < -0.4 is 4.90 Å². The molecule has 1 heterocycles. The van der Waals surface area contributed by atoms with Crippen molar-refractivity contribution in [3.8, 4) is 0 Å². The molecule has 0 aliphatic carbocycles. The Morgan fingerprint density at radius 2 is 1.76 bits per heavy atom. The number of carboxylic acids is 2. The third-order valence-electron chi connectivity index (χ3n) is 3.02. The molecule has 17 heavy (non-hydrogen) atoms. The number of hydrogen-bond acceptors (Lipinski definition) is 3. The van der Waals surface area contributed by atoms with E-state index in [9.17, 15) is 9.59 Å². The van der Waals surface area contributed by atoms with Gasteiger partial charge in [0.1, 0.15) is 6.04 Å². The molecule has 5 nitrogen and oxygen atoms in total. The maximum Gasteiger partial charge on any atom is 0.326 e. The summed E-state index contributed by atoms with van der Waals surface area (Å²) in [4.78, 5) is 23.7. The van der Waals surface area contributed by atoms with E-state index < -0.39 is 23.9 Å². The van der Waals surface area contributed by atoms with Crippen molar-refractivity contribution in [2.45, 2.75) is 12.5 Å². The van der Waals surface area contributed by atoms with Crippen LogP contribution in [0, 0.1) is 5.92 Å². The molecular weight excluding hydrogens is 222 g/mol. The molecule has 0 radical (unpaired) electrons. The summed E-state index contributed by atoms with van der Waals surface area (Å²) in [5, 5.41) is 18.1. The lowest BCUT2D eigenvalue weighted by atomic mass is 10.1. The fourth-order valence-electron chi connectivity index (χ4n) is 2.15. The second-order valence-electron chi connectivity index (χ2n) is 4.11. The van der Waals surface area contributed by atoms with E-state index in [-0.39, 0.29) is 13.0 Å². The summed E-state index contributed by atoms with van der Waals surface area (Å²) in [7, 11) is 0. The summed E-state index contributed by atoms with van der Waals surface area (Å²) >= 11 is 0. The van der Waals surface area contributed by atoms with E-state index in [1.54, 1.807) is 17.0 Å². The first-order valence-corrected chi connectivity index (χ1v) is 5.37. The van der Waals surface area contributed by atoms with Crippen molar-refractivity contribution in [1.82, 2.24) is 0 Å². The number of carbonyl (C=O) groups is 2. The van der Waals surface area contributed by atoms with Crippen molar-refractivity contribution in [2.24, 2.45) is 5.92 Å². The molecule has 0 amide bonds. The number of aliphatic carboxylic acids is 2. The molecular formula is C12H13NO4. The zero-order chi connectivity index (χ0) is 12.4. The Morgan fingerprint density at radius 1 is 1.12 bits per heavy atom. The van der Waals surface area contributed by atoms with E-state index in [1.165, 1.54) is 0 Å². The Balaban J connectivity index is 2.26. The molecule has 2 atom stereocenters. The molecule has 2 rings (SSSR count). The van der Waals surface area contributed by atoms with Gasteiger partial charge in [0.15, 0.2) is 0 Å². The lowest BCUT2D eigenvalue weighted by molar-refractivity contribution is -0.141. The molecule has 90 valence electrons. The second-order valence-corrected chi connectivity index (χ2v) is 4.11. The zero-order valence-electron chi connectivity index (χ0n) is 9.11. The normalized spacial score (nSPS) is 23.6. The highest BCUT2D eigenvalue weighted by Gasteiger charge is 2.40. The van der Waals surface area contributed by atoms with Gasteiger partial charge in [0, 0.05) is 12.2 Å². The Hall–Kier alpha value is -2.04. The summed E-state index contributed by atoms with van der Waals surface area (Å²) in [5.74, 6) is -2.52. The third-order valence-corrected chi connectivity index (χ3v) is 3.02. The molecule has 1 aromatic carbocycles. The van der Waals surface area contributed by atoms with Gasteiger partial charge in [-0.25, -0.2) is 4.79 Å². The van der Waals surface area contributed by atoms with E-state index in [1.807, 2.05) is 18.2 Å². The van der Waals surface area contributed by atoms with Crippen LogP contribution in [0.25, 0.3) is 0 Å². The van der Waals surface area contributed by atoms with E-state index in [0.717, 1.165) is 5.69 Å². The molecule has 1 fully saturated rings. The molecule has 5 heteroatoms. The Bertz CT molecular complexity index is 431. The van der Waals surface area contributed by atoms with Gasteiger partial charge in [-0.2, -0.15) is 0 Å². The molecule has 2 N–H and O–H groups in total. The second kappa shape index (κ2) is 4.45. The van der Waals surface area contributed by atoms with E-state index in [0.29, 0.717) is 0 Å². The Morgan fingerprint density at radius 3 is 2.29 bits per heavy atom. The highest BCUT2D eigenvalue weighted by atomic mass is 16.4. The lowest BCUT2D eigenvalue weighted by Crippen LogP contribution is -2.35. The van der Waals surface area contributed by atoms with Gasteiger partial charge in [-0.05, 0) is 18.6 Å². The fraction of sp³-hybridized carbons (Fsp3) is 0.333. The van der Waals surface area contributed by atoms with Crippen LogP contribution in [0.5, 0.6) is 0 Å². The maximum absolute atomic E-state index is 11.1. The van der Waals surface area contributed by atoms with Gasteiger partial charge in [0.2, 0.25) is 0 Å². The lowest BCUT2D eigenvalue weighted by Gasteiger charge is -2.23. The van der Waals surface area contributed by atoms with Crippen molar-refractivity contribution >= 4 is 17.6 Å². The predicted octanol–water partition coefficient (Wildman–Crippen LogP) is 1.05. The highest BCUT2D eigenvalue weighted by Crippen LogP contribution is 2.29. The standard InChI is InChI=1S/C12H13NO4/c14-11(15)8-6-10(12(16)17)13(7-8)9-4-2-1-3-5-9/h1-5,8,10H,6-7H2,(H,14,15)(H,16,17). The maximum atomic E-state index is 11.1. The summed E-state index contributed by atoms with van der Waals surface area (Å²) in [5.41, 5.74) is 0.753. The van der Waals surface area contributed by atoms with E-state index in [2.05, 4.69) is 0 Å². The smallest absolute Gasteiger partial charge is 0.326 e. The van der Waals surface area contributed by atoms with Gasteiger partial charge >= 0.3 is 11.9 Å². The Kier molecular flexibility index (Phi) is 2.99. The number of rotatable bonds is 3. The van der Waals surface area contributed by atoms with Gasteiger partial charge in [-0.15, -0.1) is 0 Å². The monoisotopic (exact) mass is 235 g/mol. The van der Waals surface area contributed by atoms with Crippen molar-refractivity contribution in [3.63, 3.8) is 0 Å². The highest BCUT2D eigenvalue weighted by molar-refractivity contribution is 5.82. The van der Waals surface area contributed by atoms with Crippen LogP contribution in [-0.4, -0.2) is 34.7 Å². The van der Waals surface area contributed by atoms with Crippen LogP contribution in [0.2, 0.25) is 0 Å². The third kappa shape index (κ3) is 2.22. The van der Waals surface area contributed by atoms with E-state index >= 15 is 0 Å². The number of carboxylic acid groups (broad SMARTS) is 2. The molecule has 1 saturated heterocycles. The van der Waals surface area contributed by atoms with Crippen LogP contribution in [0.4, 0.5) is 5.69 Å². The first-order chi connectivity index (χ1) is 8.09. The molecule has 0 aromatic heterocycles. The largest absolute Gasteiger partial charge is 0.481 e. The van der Waals surface area contributed by atoms with Gasteiger partial charge in [0.25, 0.3) is 0 Å². The summed E-state index contributed by atoms with van der Waals surface area (Å²) in [6, 6.07) is 8.29. The van der Waals surface area contributed by atoms with Crippen LogP contribution in [0.3, 0.4) is 0 Å². The van der Waals surface area contributed by atoms with Gasteiger partial charge in [-0.1, -0.05) is 18.2 Å². The first kappa shape index (κ1) is 11.4. The van der Waals surface area contributed by atoms with Crippen LogP contribution in [0.1, 0.15) is 6.42 Å². The molecule has 1 aliphatic heterocycles. The average Bonchev–Trinajstić information content (AvgIpc) is 2.75. The van der Waals surface area contributed by atoms with Gasteiger partial charge < -0.3 is 15.1 Å². The minimum Gasteiger partial charge on any atom is -0.481 e. The van der Waals surface area contributed by atoms with Gasteiger partial charge in [0.05, 0.1) is 5.92 Å². The minimum absolute atomic E-state index is 0.152. The first-order valence-electron chi connectivity index (χ1n) is 5.37. The Labute approximate surface area is 98.3 Å². The van der Waals surface area contributed by atoms with Crippen LogP contribution in [0.15, 0.2) is 30.3 Å². The summed E-state index contributed by atoms with van der Waals surface area (Å²) < 4.78 is 0. The molecule has 0 saturated carbocycles. The van der Waals surface area contributed by atoms with Crippen molar-refractivity contribution in [2.75, 3.05) is 11.4 Å². The van der Waals surface area contributed by atoms with Crippen molar-refractivity contribution < 1.29 is 19.8 Å². The van der Waals surface area contributed by atoms with Crippen LogP contribution in [-0.2, 0) is 9.59 Å². The predicted molar refractivity (Wildman–Crippen MR) is 61.0 cm³/mol. The van der Waals surface area contributed by atoms with Crippen molar-refractivity contribution in [1.29, 1.82) is 0 Å². The van der Waals surface area contributed by atoms with Crippen LogP contribution >= 0.6 is 0 Å². The number of nitrogens with zero attached hydrogens (tertiary/aromatic N) is 1. The van der Waals surface area contributed by atoms with Gasteiger partial charge in [-0.3, -0.25) is 4.79 Å². The number of benzene rings is 1. The number of hydrogen-bond donors (Lipinski definition) is 2. The average molecular weight is 235 g/mol. The fourth-order valence-corrected chi connectivity index (χ4v) is 2.15. The number of anilines is 1. The quantitative estimate of drug-likeness (QED) is 0.818. The summed E-state index contributed by atoms with van der Waals surface area (Å²) in [6.45, 7) is 0.246. The SMILES string of the molecule is O=C(O)C1CC(C(=O)O)N(c2ccccc2)C1. The summed E-state index contributed by atoms with van der Waals surface area (Å²) in [6.07, 6.45) is 0.152. The van der Waals surface area contributed by atoms with Crippen molar-refractivity contribution in [3.05, 3.63) is 30.3 Å². The van der Waals surface area contributed by atoms with E-state index in [4.69, 9.17) is 10.2 Å². The minimum atomic E-state index is -0.974. The molecule has 0 spiro atoms. The molecule has 0 bridgehead atoms. The topological polar surface area (TPSA) is 77.8 Å². The molecule has 1 aromatic rings. The molecule has 2 unspecified atom stereocenters. The number of para-hydroxylation sites is 1. The zero-order valence-corrected chi connectivity index (χ0v) is 9.11.